The number of rotatable bonds is 5. The minimum Gasteiger partial charge on any atom is -0.481 e. The second-order valence-electron chi connectivity index (χ2n) is 6.88. The van der Waals surface area contributed by atoms with Crippen molar-refractivity contribution >= 4 is 22.7 Å². The van der Waals surface area contributed by atoms with Gasteiger partial charge in [-0.2, -0.15) is 0 Å². The molecule has 24 heavy (non-hydrogen) atoms. The molecule has 0 aromatic heterocycles. The number of carbonyl (C=O) groups excluding carboxylic acids is 1. The Morgan fingerprint density at radius 1 is 1.12 bits per heavy atom. The molecule has 2 aromatic rings. The lowest BCUT2D eigenvalue weighted by atomic mass is 9.88. The number of aliphatic carboxylic acids is 1. The highest BCUT2D eigenvalue weighted by atomic mass is 16.6. The monoisotopic (exact) mass is 329 g/mol. The smallest absolute Gasteiger partial charge is 0.315 e. The third-order valence-corrected chi connectivity index (χ3v) is 3.63. The molecule has 0 aliphatic heterocycles. The summed E-state index contributed by atoms with van der Waals surface area (Å²) in [6.07, 6.45) is -0.309. The molecule has 0 aliphatic carbocycles. The number of hydrogen-bond donors (Lipinski definition) is 2. The van der Waals surface area contributed by atoms with Crippen LogP contribution < -0.4 is 5.73 Å². The second-order valence-corrected chi connectivity index (χ2v) is 6.88. The zero-order chi connectivity index (χ0) is 17.9. The molecule has 2 rings (SSSR count). The second kappa shape index (κ2) is 7.01. The van der Waals surface area contributed by atoms with Crippen molar-refractivity contribution in [2.75, 3.05) is 0 Å². The molecule has 128 valence electrons. The Bertz CT molecular complexity index is 748. The van der Waals surface area contributed by atoms with E-state index in [4.69, 9.17) is 15.6 Å². The van der Waals surface area contributed by atoms with E-state index in [0.717, 1.165) is 10.8 Å². The van der Waals surface area contributed by atoms with Crippen LogP contribution in [0, 0.1) is 0 Å². The largest absolute Gasteiger partial charge is 0.481 e. The maximum Gasteiger partial charge on any atom is 0.315 e. The highest BCUT2D eigenvalue weighted by molar-refractivity contribution is 5.86. The van der Waals surface area contributed by atoms with Crippen molar-refractivity contribution in [2.24, 2.45) is 5.73 Å². The molecule has 0 saturated carbocycles. The lowest BCUT2D eigenvalue weighted by molar-refractivity contribution is -0.157. The fourth-order valence-electron chi connectivity index (χ4n) is 2.64. The summed E-state index contributed by atoms with van der Waals surface area (Å²) in [5.41, 5.74) is 6.03. The predicted molar refractivity (Wildman–Crippen MR) is 92.8 cm³/mol. The zero-order valence-electron chi connectivity index (χ0n) is 14.2. The first-order chi connectivity index (χ1) is 11.2. The van der Waals surface area contributed by atoms with Crippen LogP contribution in [0.15, 0.2) is 42.5 Å². The molecule has 0 amide bonds. The molecule has 0 heterocycles. The minimum atomic E-state index is -1.04. The maximum absolute atomic E-state index is 12.6. The third kappa shape index (κ3) is 4.55. The molecule has 5 heteroatoms. The number of esters is 1. The summed E-state index contributed by atoms with van der Waals surface area (Å²) >= 11 is 0. The minimum absolute atomic E-state index is 0.309. The van der Waals surface area contributed by atoms with Crippen LogP contribution in [-0.2, 0) is 14.3 Å². The fourth-order valence-corrected chi connectivity index (χ4v) is 2.64. The summed E-state index contributed by atoms with van der Waals surface area (Å²) < 4.78 is 5.46. The summed E-state index contributed by atoms with van der Waals surface area (Å²) in [5.74, 6) is -2.38. The molecular formula is C19H23NO4. The van der Waals surface area contributed by atoms with Gasteiger partial charge < -0.3 is 15.6 Å². The van der Waals surface area contributed by atoms with Gasteiger partial charge in [-0.15, -0.1) is 0 Å². The van der Waals surface area contributed by atoms with Crippen molar-refractivity contribution in [3.63, 3.8) is 0 Å². The van der Waals surface area contributed by atoms with E-state index in [2.05, 4.69) is 0 Å². The first-order valence-electron chi connectivity index (χ1n) is 7.86. The summed E-state index contributed by atoms with van der Waals surface area (Å²) in [4.78, 5) is 23.7. The van der Waals surface area contributed by atoms with Crippen LogP contribution in [-0.4, -0.2) is 28.7 Å². The number of benzene rings is 2. The molecule has 0 saturated heterocycles. The highest BCUT2D eigenvalue weighted by Gasteiger charge is 2.33. The van der Waals surface area contributed by atoms with Gasteiger partial charge in [0.15, 0.2) is 0 Å². The van der Waals surface area contributed by atoms with Crippen molar-refractivity contribution in [1.82, 2.24) is 0 Å². The molecule has 0 radical (unpaired) electrons. The number of carboxylic acid groups (broad SMARTS) is 1. The first kappa shape index (κ1) is 17.9. The Morgan fingerprint density at radius 2 is 1.75 bits per heavy atom. The predicted octanol–water partition coefficient (Wildman–Crippen LogP) is 3.07. The highest BCUT2D eigenvalue weighted by Crippen LogP contribution is 2.28. The van der Waals surface area contributed by atoms with E-state index in [1.807, 2.05) is 36.4 Å². The number of fused-ring (bicyclic) bond motifs is 1. The standard InChI is InChI=1S/C19H23NO4/c1-19(2,3)24-18(23)17(15(20)11-16(21)22)14-9-8-12-6-4-5-7-13(12)10-14/h4-10,15,17H,11,20H2,1-3H3,(H,21,22)/t15-,17?/m1/s1. The molecule has 2 atom stereocenters. The zero-order valence-corrected chi connectivity index (χ0v) is 14.2. The Labute approximate surface area is 141 Å². The van der Waals surface area contributed by atoms with Crippen molar-refractivity contribution < 1.29 is 19.4 Å². The molecule has 0 aliphatic rings. The molecule has 3 N–H and O–H groups in total. The number of carboxylic acids is 1. The average molecular weight is 329 g/mol. The van der Waals surface area contributed by atoms with Crippen LogP contribution in [0.3, 0.4) is 0 Å². The number of ether oxygens (including phenoxy) is 1. The molecule has 2 aromatic carbocycles. The molecule has 1 unspecified atom stereocenters. The van der Waals surface area contributed by atoms with E-state index in [1.54, 1.807) is 26.8 Å². The quantitative estimate of drug-likeness (QED) is 0.823. The summed E-state index contributed by atoms with van der Waals surface area (Å²) in [7, 11) is 0. The molecule has 0 bridgehead atoms. The van der Waals surface area contributed by atoms with Crippen LogP contribution in [0.2, 0.25) is 0 Å². The number of carbonyl (C=O) groups is 2. The van der Waals surface area contributed by atoms with Crippen LogP contribution in [0.5, 0.6) is 0 Å². The van der Waals surface area contributed by atoms with E-state index in [1.165, 1.54) is 0 Å². The number of hydrogen-bond acceptors (Lipinski definition) is 4. The van der Waals surface area contributed by atoms with Crippen LogP contribution in [0.1, 0.15) is 38.7 Å². The van der Waals surface area contributed by atoms with Gasteiger partial charge in [-0.05, 0) is 37.1 Å². The average Bonchev–Trinajstić information content (AvgIpc) is 2.44. The Kier molecular flexibility index (Phi) is 5.24. The van der Waals surface area contributed by atoms with E-state index in [0.29, 0.717) is 5.56 Å². The van der Waals surface area contributed by atoms with Crippen molar-refractivity contribution in [3.05, 3.63) is 48.0 Å². The third-order valence-electron chi connectivity index (χ3n) is 3.63. The van der Waals surface area contributed by atoms with Gasteiger partial charge in [0.05, 0.1) is 12.3 Å². The Hall–Kier alpha value is -2.40. The SMILES string of the molecule is CC(C)(C)OC(=O)C(c1ccc2ccccc2c1)[C@H](N)CC(=O)O. The van der Waals surface area contributed by atoms with E-state index in [-0.39, 0.29) is 6.42 Å². The van der Waals surface area contributed by atoms with Gasteiger partial charge >= 0.3 is 11.9 Å². The molecular weight excluding hydrogens is 306 g/mol. The Morgan fingerprint density at radius 3 is 2.33 bits per heavy atom. The van der Waals surface area contributed by atoms with Gasteiger partial charge in [-0.3, -0.25) is 9.59 Å². The van der Waals surface area contributed by atoms with Gasteiger partial charge in [0.25, 0.3) is 0 Å². The topological polar surface area (TPSA) is 89.6 Å². The lowest BCUT2D eigenvalue weighted by Crippen LogP contribution is -2.39. The Balaban J connectivity index is 2.42. The van der Waals surface area contributed by atoms with E-state index >= 15 is 0 Å². The molecule has 5 nitrogen and oxygen atoms in total. The van der Waals surface area contributed by atoms with Gasteiger partial charge in [0.1, 0.15) is 5.60 Å². The summed E-state index contributed by atoms with van der Waals surface area (Å²) in [6.45, 7) is 5.31. The normalized spacial score (nSPS) is 14.2. The van der Waals surface area contributed by atoms with Crippen molar-refractivity contribution in [1.29, 1.82) is 0 Å². The van der Waals surface area contributed by atoms with Crippen molar-refractivity contribution in [2.45, 2.75) is 44.8 Å². The maximum atomic E-state index is 12.6. The first-order valence-corrected chi connectivity index (χ1v) is 7.86. The van der Waals surface area contributed by atoms with Crippen LogP contribution >= 0.6 is 0 Å². The summed E-state index contributed by atoms with van der Waals surface area (Å²) in [6, 6.07) is 12.5. The summed E-state index contributed by atoms with van der Waals surface area (Å²) in [5, 5.41) is 11.0. The fraction of sp³-hybridized carbons (Fsp3) is 0.368. The van der Waals surface area contributed by atoms with E-state index in [9.17, 15) is 9.59 Å². The van der Waals surface area contributed by atoms with Crippen LogP contribution in [0.4, 0.5) is 0 Å². The molecule has 0 spiro atoms. The van der Waals surface area contributed by atoms with Crippen LogP contribution in [0.25, 0.3) is 10.8 Å². The molecule has 0 fully saturated rings. The van der Waals surface area contributed by atoms with E-state index < -0.39 is 29.5 Å². The van der Waals surface area contributed by atoms with Crippen molar-refractivity contribution in [3.8, 4) is 0 Å². The van der Waals surface area contributed by atoms with Gasteiger partial charge in [-0.25, -0.2) is 0 Å². The number of nitrogens with two attached hydrogens (primary N) is 1. The van der Waals surface area contributed by atoms with Gasteiger partial charge in [-0.1, -0.05) is 42.5 Å². The van der Waals surface area contributed by atoms with Gasteiger partial charge in [0, 0.05) is 6.04 Å². The van der Waals surface area contributed by atoms with Gasteiger partial charge in [0.2, 0.25) is 0 Å². The lowest BCUT2D eigenvalue weighted by Gasteiger charge is -2.27.